The summed E-state index contributed by atoms with van der Waals surface area (Å²) in [5.41, 5.74) is 0. The fourth-order valence-electron chi connectivity index (χ4n) is 4.72. The Balaban J connectivity index is 4.12. The Morgan fingerprint density at radius 2 is 1.00 bits per heavy atom. The van der Waals surface area contributed by atoms with Gasteiger partial charge in [0, 0.05) is 25.7 Å². The summed E-state index contributed by atoms with van der Waals surface area (Å²) in [5, 5.41) is 8.86. The van der Waals surface area contributed by atoms with Crippen molar-refractivity contribution in [1.82, 2.24) is 4.90 Å². The number of rotatable bonds is 31. The Hall–Kier alpha value is -2.64. The SMILES string of the molecule is CCCCC/C=C\C/C=C\CCCCCCCC(=O)OCCN(CCOC(=O)CCCCCCCC)C(=O)CCCC(=O)O. The lowest BCUT2D eigenvalue weighted by Crippen LogP contribution is -2.37. The first-order valence-corrected chi connectivity index (χ1v) is 17.5. The van der Waals surface area contributed by atoms with E-state index in [-0.39, 0.29) is 63.4 Å². The molecule has 0 aliphatic rings. The number of esters is 2. The van der Waals surface area contributed by atoms with Gasteiger partial charge in [-0.3, -0.25) is 19.2 Å². The van der Waals surface area contributed by atoms with E-state index in [1.54, 1.807) is 0 Å². The zero-order chi connectivity index (χ0) is 32.5. The Labute approximate surface area is 268 Å². The van der Waals surface area contributed by atoms with Crippen LogP contribution in [0.3, 0.4) is 0 Å². The van der Waals surface area contributed by atoms with Gasteiger partial charge in [-0.15, -0.1) is 0 Å². The van der Waals surface area contributed by atoms with Gasteiger partial charge < -0.3 is 19.5 Å². The number of carboxylic acid groups (broad SMARTS) is 1. The van der Waals surface area contributed by atoms with Gasteiger partial charge >= 0.3 is 17.9 Å². The smallest absolute Gasteiger partial charge is 0.305 e. The van der Waals surface area contributed by atoms with Crippen LogP contribution in [0.5, 0.6) is 0 Å². The summed E-state index contributed by atoms with van der Waals surface area (Å²) in [4.78, 5) is 49.2. The highest BCUT2D eigenvalue weighted by molar-refractivity contribution is 5.77. The van der Waals surface area contributed by atoms with Crippen molar-refractivity contribution in [1.29, 1.82) is 0 Å². The van der Waals surface area contributed by atoms with Crippen LogP contribution in [0.25, 0.3) is 0 Å². The molecule has 0 saturated carbocycles. The van der Waals surface area contributed by atoms with E-state index < -0.39 is 5.97 Å². The van der Waals surface area contributed by atoms with Gasteiger partial charge in [-0.1, -0.05) is 102 Å². The van der Waals surface area contributed by atoms with Crippen molar-refractivity contribution >= 4 is 23.8 Å². The predicted octanol–water partition coefficient (Wildman–Crippen LogP) is 8.72. The molecule has 0 saturated heterocycles. The Kier molecular flexibility index (Phi) is 29.9. The Morgan fingerprint density at radius 1 is 0.545 bits per heavy atom. The fourth-order valence-corrected chi connectivity index (χ4v) is 4.72. The third-order valence-electron chi connectivity index (χ3n) is 7.45. The fraction of sp³-hybridized carbons (Fsp3) is 0.778. The van der Waals surface area contributed by atoms with Gasteiger partial charge in [-0.2, -0.15) is 0 Å². The average molecular weight is 622 g/mol. The third-order valence-corrected chi connectivity index (χ3v) is 7.45. The van der Waals surface area contributed by atoms with Crippen molar-refractivity contribution in [2.24, 2.45) is 0 Å². The van der Waals surface area contributed by atoms with Crippen LogP contribution in [-0.2, 0) is 28.7 Å². The van der Waals surface area contributed by atoms with Crippen LogP contribution in [0, 0.1) is 0 Å². The minimum atomic E-state index is -0.949. The molecule has 0 aromatic heterocycles. The molecule has 254 valence electrons. The van der Waals surface area contributed by atoms with Crippen molar-refractivity contribution in [3.8, 4) is 0 Å². The number of amides is 1. The lowest BCUT2D eigenvalue weighted by atomic mass is 10.1. The highest BCUT2D eigenvalue weighted by atomic mass is 16.5. The zero-order valence-electron chi connectivity index (χ0n) is 28.0. The lowest BCUT2D eigenvalue weighted by Gasteiger charge is -2.22. The Morgan fingerprint density at radius 3 is 1.52 bits per heavy atom. The normalized spacial score (nSPS) is 11.3. The van der Waals surface area contributed by atoms with Crippen molar-refractivity contribution in [2.75, 3.05) is 26.3 Å². The van der Waals surface area contributed by atoms with Crippen LogP contribution in [0.2, 0.25) is 0 Å². The summed E-state index contributed by atoms with van der Waals surface area (Å²) >= 11 is 0. The molecule has 1 N–H and O–H groups in total. The molecule has 1 amide bonds. The van der Waals surface area contributed by atoms with E-state index in [1.807, 2.05) is 0 Å². The van der Waals surface area contributed by atoms with Gasteiger partial charge in [0.1, 0.15) is 13.2 Å². The predicted molar refractivity (Wildman–Crippen MR) is 177 cm³/mol. The molecule has 0 radical (unpaired) electrons. The number of carboxylic acids is 1. The van der Waals surface area contributed by atoms with Crippen molar-refractivity contribution in [3.63, 3.8) is 0 Å². The van der Waals surface area contributed by atoms with E-state index >= 15 is 0 Å². The van der Waals surface area contributed by atoms with Crippen molar-refractivity contribution in [2.45, 2.75) is 155 Å². The van der Waals surface area contributed by atoms with Crippen LogP contribution in [0.15, 0.2) is 24.3 Å². The summed E-state index contributed by atoms with van der Waals surface area (Å²) in [7, 11) is 0. The zero-order valence-corrected chi connectivity index (χ0v) is 28.0. The molecular formula is C36H63NO7. The minimum Gasteiger partial charge on any atom is -0.481 e. The number of carbonyl (C=O) groups excluding carboxylic acids is 3. The van der Waals surface area contributed by atoms with Crippen molar-refractivity contribution < 1.29 is 33.8 Å². The largest absolute Gasteiger partial charge is 0.481 e. The average Bonchev–Trinajstić information content (AvgIpc) is 2.99. The molecule has 0 fully saturated rings. The molecular weight excluding hydrogens is 558 g/mol. The summed E-state index contributed by atoms with van der Waals surface area (Å²) in [5.74, 6) is -1.74. The molecule has 0 aromatic carbocycles. The Bertz CT molecular complexity index is 793. The highest BCUT2D eigenvalue weighted by Gasteiger charge is 2.16. The monoisotopic (exact) mass is 621 g/mol. The van der Waals surface area contributed by atoms with E-state index in [0.29, 0.717) is 12.8 Å². The molecule has 0 heterocycles. The van der Waals surface area contributed by atoms with Gasteiger partial charge in [-0.25, -0.2) is 0 Å². The number of allylic oxidation sites excluding steroid dienone is 4. The topological polar surface area (TPSA) is 110 Å². The quantitative estimate of drug-likeness (QED) is 0.0468. The molecule has 0 spiro atoms. The highest BCUT2D eigenvalue weighted by Crippen LogP contribution is 2.10. The molecule has 8 nitrogen and oxygen atoms in total. The van der Waals surface area contributed by atoms with Gasteiger partial charge in [-0.05, 0) is 51.4 Å². The minimum absolute atomic E-state index is 0.0650. The molecule has 0 aliphatic heterocycles. The van der Waals surface area contributed by atoms with Gasteiger partial charge in [0.25, 0.3) is 0 Å². The lowest BCUT2D eigenvalue weighted by molar-refractivity contribution is -0.148. The van der Waals surface area contributed by atoms with E-state index in [0.717, 1.165) is 64.2 Å². The van der Waals surface area contributed by atoms with E-state index in [1.165, 1.54) is 49.8 Å². The second-order valence-corrected chi connectivity index (χ2v) is 11.6. The third kappa shape index (κ3) is 29.4. The number of carbonyl (C=O) groups is 4. The second-order valence-electron chi connectivity index (χ2n) is 11.6. The van der Waals surface area contributed by atoms with Gasteiger partial charge in [0.2, 0.25) is 5.91 Å². The van der Waals surface area contributed by atoms with E-state index in [2.05, 4.69) is 38.2 Å². The first-order chi connectivity index (χ1) is 21.4. The molecule has 0 atom stereocenters. The van der Waals surface area contributed by atoms with Crippen LogP contribution >= 0.6 is 0 Å². The number of nitrogens with zero attached hydrogens (tertiary/aromatic N) is 1. The number of hydrogen-bond acceptors (Lipinski definition) is 6. The number of unbranched alkanes of at least 4 members (excludes halogenated alkanes) is 13. The maximum absolute atomic E-state index is 12.6. The second kappa shape index (κ2) is 31.8. The molecule has 0 aliphatic carbocycles. The van der Waals surface area contributed by atoms with Crippen molar-refractivity contribution in [3.05, 3.63) is 24.3 Å². The van der Waals surface area contributed by atoms with Crippen LogP contribution < -0.4 is 0 Å². The molecule has 0 rings (SSSR count). The maximum atomic E-state index is 12.6. The molecule has 0 aromatic rings. The standard InChI is InChI=1S/C36H63NO7/c1-3-5-7-9-11-12-13-14-15-16-17-18-19-21-23-28-36(42)44-32-30-37(33(38)25-24-26-34(39)40)29-31-43-35(41)27-22-20-10-8-6-4-2/h11-12,14-15H,3-10,13,16-32H2,1-2H3,(H,39,40)/b12-11-,15-14-. The molecule has 8 heteroatoms. The molecule has 0 unspecified atom stereocenters. The molecule has 44 heavy (non-hydrogen) atoms. The van der Waals surface area contributed by atoms with E-state index in [4.69, 9.17) is 14.6 Å². The summed E-state index contributed by atoms with van der Waals surface area (Å²) in [6.45, 7) is 4.91. The first-order valence-electron chi connectivity index (χ1n) is 17.5. The van der Waals surface area contributed by atoms with Crippen LogP contribution in [-0.4, -0.2) is 60.1 Å². The van der Waals surface area contributed by atoms with Crippen LogP contribution in [0.4, 0.5) is 0 Å². The first kappa shape index (κ1) is 41.4. The molecule has 0 bridgehead atoms. The number of ether oxygens (including phenoxy) is 2. The maximum Gasteiger partial charge on any atom is 0.305 e. The van der Waals surface area contributed by atoms with Gasteiger partial charge in [0.15, 0.2) is 0 Å². The number of aliphatic carboxylic acids is 1. The summed E-state index contributed by atoms with van der Waals surface area (Å²) in [6, 6.07) is 0. The van der Waals surface area contributed by atoms with Crippen LogP contribution in [0.1, 0.15) is 155 Å². The van der Waals surface area contributed by atoms with Gasteiger partial charge in [0.05, 0.1) is 13.1 Å². The van der Waals surface area contributed by atoms with E-state index in [9.17, 15) is 19.2 Å². The summed E-state index contributed by atoms with van der Waals surface area (Å²) < 4.78 is 10.7. The summed E-state index contributed by atoms with van der Waals surface area (Å²) in [6.07, 6.45) is 28.8. The number of hydrogen-bond donors (Lipinski definition) is 1.